The molecule has 0 saturated carbocycles. The molecule has 1 amide bonds. The number of likely N-dealkylation sites (N-methyl/N-ethyl adjacent to an activating group) is 1. The number of ether oxygens (including phenoxy) is 2. The maximum atomic E-state index is 12.5. The van der Waals surface area contributed by atoms with Crippen LogP contribution in [0.1, 0.15) is 23.6 Å². The van der Waals surface area contributed by atoms with Crippen molar-refractivity contribution in [1.29, 1.82) is 0 Å². The number of carbonyl (C=O) groups excluding carboxylic acids is 1. The highest BCUT2D eigenvalue weighted by Crippen LogP contribution is 2.21. The molecule has 0 aliphatic heterocycles. The zero-order valence-corrected chi connectivity index (χ0v) is 16.2. The van der Waals surface area contributed by atoms with Crippen LogP contribution in [0, 0.1) is 6.92 Å². The van der Waals surface area contributed by atoms with E-state index in [1.807, 2.05) is 62.2 Å². The molecule has 26 heavy (non-hydrogen) atoms. The number of rotatable bonds is 8. The highest BCUT2D eigenvalue weighted by atomic mass is 16.5. The van der Waals surface area contributed by atoms with E-state index in [1.165, 1.54) is 5.56 Å². The van der Waals surface area contributed by atoms with E-state index in [-0.39, 0.29) is 11.9 Å². The van der Waals surface area contributed by atoms with Gasteiger partial charge in [-0.15, -0.1) is 0 Å². The second-order valence-corrected chi connectivity index (χ2v) is 6.47. The van der Waals surface area contributed by atoms with Crippen LogP contribution in [0.15, 0.2) is 42.5 Å². The number of aryl methyl sites for hydroxylation is 1. The Bertz CT molecular complexity index is 729. The molecule has 5 heteroatoms. The van der Waals surface area contributed by atoms with E-state index in [1.54, 1.807) is 14.2 Å². The topological polar surface area (TPSA) is 50.8 Å². The van der Waals surface area contributed by atoms with Crippen molar-refractivity contribution in [3.05, 3.63) is 59.2 Å². The molecule has 0 heterocycles. The fourth-order valence-electron chi connectivity index (χ4n) is 2.72. The van der Waals surface area contributed by atoms with E-state index < -0.39 is 0 Å². The molecule has 0 radical (unpaired) electrons. The summed E-state index contributed by atoms with van der Waals surface area (Å²) in [5.74, 6) is 1.64. The largest absolute Gasteiger partial charge is 0.497 e. The number of hydrogen-bond donors (Lipinski definition) is 1. The lowest BCUT2D eigenvalue weighted by Gasteiger charge is -2.25. The minimum atomic E-state index is -0.251. The number of hydrogen-bond acceptors (Lipinski definition) is 4. The van der Waals surface area contributed by atoms with Gasteiger partial charge in [0.1, 0.15) is 11.5 Å². The highest BCUT2D eigenvalue weighted by Gasteiger charge is 2.19. The van der Waals surface area contributed by atoms with Gasteiger partial charge in [-0.3, -0.25) is 9.69 Å². The Balaban J connectivity index is 1.93. The molecule has 2 rings (SSSR count). The summed E-state index contributed by atoms with van der Waals surface area (Å²) < 4.78 is 10.6. The smallest absolute Gasteiger partial charge is 0.237 e. The number of nitrogens with one attached hydrogen (secondary N) is 1. The van der Waals surface area contributed by atoms with Crippen LogP contribution in [-0.4, -0.2) is 38.1 Å². The van der Waals surface area contributed by atoms with Crippen molar-refractivity contribution in [3.63, 3.8) is 0 Å². The third kappa shape index (κ3) is 5.23. The summed E-state index contributed by atoms with van der Waals surface area (Å²) in [6, 6.07) is 13.5. The maximum Gasteiger partial charge on any atom is 0.237 e. The van der Waals surface area contributed by atoms with Gasteiger partial charge in [0.2, 0.25) is 5.91 Å². The minimum absolute atomic E-state index is 0.00469. The number of benzene rings is 2. The van der Waals surface area contributed by atoms with Crippen molar-refractivity contribution in [2.24, 2.45) is 0 Å². The fourth-order valence-corrected chi connectivity index (χ4v) is 2.72. The van der Waals surface area contributed by atoms with Gasteiger partial charge in [-0.05, 0) is 44.7 Å². The van der Waals surface area contributed by atoms with Gasteiger partial charge in [-0.2, -0.15) is 0 Å². The van der Waals surface area contributed by atoms with Crippen molar-refractivity contribution in [3.8, 4) is 11.5 Å². The van der Waals surface area contributed by atoms with Crippen molar-refractivity contribution in [1.82, 2.24) is 10.2 Å². The summed E-state index contributed by atoms with van der Waals surface area (Å²) in [5.41, 5.74) is 3.28. The Kier molecular flexibility index (Phi) is 7.04. The van der Waals surface area contributed by atoms with Crippen molar-refractivity contribution in [2.45, 2.75) is 33.0 Å². The Hall–Kier alpha value is -2.53. The number of methoxy groups -OCH3 is 2. The van der Waals surface area contributed by atoms with E-state index in [4.69, 9.17) is 9.47 Å². The molecule has 1 N–H and O–H groups in total. The van der Waals surface area contributed by atoms with Gasteiger partial charge in [0.15, 0.2) is 0 Å². The predicted octanol–water partition coefficient (Wildman–Crippen LogP) is 3.15. The van der Waals surface area contributed by atoms with Crippen LogP contribution in [0.25, 0.3) is 0 Å². The number of carbonyl (C=O) groups is 1. The molecule has 0 spiro atoms. The molecule has 0 aliphatic carbocycles. The van der Waals surface area contributed by atoms with Gasteiger partial charge in [0.05, 0.1) is 20.3 Å². The quantitative estimate of drug-likeness (QED) is 0.789. The van der Waals surface area contributed by atoms with E-state index in [0.717, 1.165) is 22.6 Å². The average Bonchev–Trinajstić information content (AvgIpc) is 2.66. The van der Waals surface area contributed by atoms with Crippen LogP contribution in [0.3, 0.4) is 0 Å². The lowest BCUT2D eigenvalue weighted by Crippen LogP contribution is -2.42. The summed E-state index contributed by atoms with van der Waals surface area (Å²) in [7, 11) is 5.25. The highest BCUT2D eigenvalue weighted by molar-refractivity contribution is 5.81. The normalized spacial score (nSPS) is 11.9. The van der Waals surface area contributed by atoms with E-state index in [9.17, 15) is 4.79 Å². The summed E-state index contributed by atoms with van der Waals surface area (Å²) >= 11 is 0. The maximum absolute atomic E-state index is 12.5. The Morgan fingerprint density at radius 3 is 2.42 bits per heavy atom. The van der Waals surface area contributed by atoms with Crippen molar-refractivity contribution in [2.75, 3.05) is 21.3 Å². The number of amides is 1. The van der Waals surface area contributed by atoms with E-state index in [0.29, 0.717) is 13.1 Å². The van der Waals surface area contributed by atoms with Crippen LogP contribution < -0.4 is 14.8 Å². The van der Waals surface area contributed by atoms with Crippen molar-refractivity contribution >= 4 is 5.91 Å². The Labute approximate surface area is 155 Å². The SMILES string of the molecule is COc1ccc(CNC(=O)[C@H](C)N(C)Cc2cc(C)ccc2OC)cc1. The molecule has 140 valence electrons. The Morgan fingerprint density at radius 1 is 1.12 bits per heavy atom. The first kappa shape index (κ1) is 19.8. The fraction of sp³-hybridized carbons (Fsp3) is 0.381. The molecule has 1 atom stereocenters. The summed E-state index contributed by atoms with van der Waals surface area (Å²) in [4.78, 5) is 14.5. The van der Waals surface area contributed by atoms with Gasteiger partial charge in [0.25, 0.3) is 0 Å². The van der Waals surface area contributed by atoms with Crippen LogP contribution >= 0.6 is 0 Å². The van der Waals surface area contributed by atoms with Gasteiger partial charge >= 0.3 is 0 Å². The zero-order chi connectivity index (χ0) is 19.1. The summed E-state index contributed by atoms with van der Waals surface area (Å²) in [6.07, 6.45) is 0. The third-order valence-electron chi connectivity index (χ3n) is 4.52. The standard InChI is InChI=1S/C21H28N2O3/c1-15-6-11-20(26-5)18(12-15)14-23(3)16(2)21(24)22-13-17-7-9-19(25-4)10-8-17/h6-12,16H,13-14H2,1-5H3,(H,22,24)/t16-/m0/s1. The first-order chi connectivity index (χ1) is 12.4. The molecular weight excluding hydrogens is 328 g/mol. The molecule has 0 unspecified atom stereocenters. The summed E-state index contributed by atoms with van der Waals surface area (Å²) in [6.45, 7) is 5.09. The lowest BCUT2D eigenvalue weighted by atomic mass is 10.1. The lowest BCUT2D eigenvalue weighted by molar-refractivity contribution is -0.125. The molecule has 2 aromatic rings. The summed E-state index contributed by atoms with van der Waals surface area (Å²) in [5, 5.41) is 2.99. The van der Waals surface area contributed by atoms with Crippen LogP contribution in [0.4, 0.5) is 0 Å². The molecule has 0 aliphatic rings. The van der Waals surface area contributed by atoms with Gasteiger partial charge in [0, 0.05) is 18.7 Å². The second-order valence-electron chi connectivity index (χ2n) is 6.47. The molecule has 0 bridgehead atoms. The first-order valence-corrected chi connectivity index (χ1v) is 8.69. The average molecular weight is 356 g/mol. The number of nitrogens with zero attached hydrogens (tertiary/aromatic N) is 1. The minimum Gasteiger partial charge on any atom is -0.497 e. The van der Waals surface area contributed by atoms with Crippen LogP contribution in [0.2, 0.25) is 0 Å². The van der Waals surface area contributed by atoms with E-state index in [2.05, 4.69) is 11.4 Å². The monoisotopic (exact) mass is 356 g/mol. The van der Waals surface area contributed by atoms with E-state index >= 15 is 0 Å². The van der Waals surface area contributed by atoms with Gasteiger partial charge in [-0.25, -0.2) is 0 Å². The first-order valence-electron chi connectivity index (χ1n) is 8.69. The second kappa shape index (κ2) is 9.25. The Morgan fingerprint density at radius 2 is 1.81 bits per heavy atom. The molecule has 2 aromatic carbocycles. The van der Waals surface area contributed by atoms with Crippen molar-refractivity contribution < 1.29 is 14.3 Å². The zero-order valence-electron chi connectivity index (χ0n) is 16.2. The van der Waals surface area contributed by atoms with Crippen LogP contribution in [-0.2, 0) is 17.9 Å². The predicted molar refractivity (Wildman–Crippen MR) is 104 cm³/mol. The molecule has 5 nitrogen and oxygen atoms in total. The molecule has 0 saturated heterocycles. The molecule has 0 aromatic heterocycles. The van der Waals surface area contributed by atoms with Gasteiger partial charge in [-0.1, -0.05) is 29.8 Å². The van der Waals surface area contributed by atoms with Gasteiger partial charge < -0.3 is 14.8 Å². The van der Waals surface area contributed by atoms with Crippen LogP contribution in [0.5, 0.6) is 11.5 Å². The molecular formula is C21H28N2O3. The third-order valence-corrected chi connectivity index (χ3v) is 4.52. The molecule has 0 fully saturated rings.